The van der Waals surface area contributed by atoms with Crippen molar-refractivity contribution in [2.45, 2.75) is 25.8 Å². The average molecular weight is 303 g/mol. The Morgan fingerprint density at radius 3 is 2.48 bits per heavy atom. The second-order valence-electron chi connectivity index (χ2n) is 5.39. The van der Waals surface area contributed by atoms with E-state index in [1.165, 1.54) is 11.3 Å². The van der Waals surface area contributed by atoms with Crippen LogP contribution in [0.5, 0.6) is 0 Å². The maximum atomic E-state index is 6.25. The Morgan fingerprint density at radius 2 is 1.86 bits per heavy atom. The molecule has 0 aliphatic carbocycles. The van der Waals surface area contributed by atoms with Crippen molar-refractivity contribution >= 4 is 17.3 Å². The second kappa shape index (κ2) is 7.48. The summed E-state index contributed by atoms with van der Waals surface area (Å²) in [5.74, 6) is 0. The van der Waals surface area contributed by atoms with Crippen LogP contribution in [0.2, 0.25) is 5.02 Å². The molecule has 0 fully saturated rings. The third-order valence-corrected chi connectivity index (χ3v) is 4.07. The molecule has 2 aromatic rings. The van der Waals surface area contributed by atoms with Crippen LogP contribution in [0.25, 0.3) is 0 Å². The van der Waals surface area contributed by atoms with E-state index in [1.54, 1.807) is 0 Å². The van der Waals surface area contributed by atoms with E-state index < -0.39 is 0 Å². The molecular weight excluding hydrogens is 280 g/mol. The number of rotatable bonds is 6. The van der Waals surface area contributed by atoms with Gasteiger partial charge in [0.15, 0.2) is 0 Å². The lowest BCUT2D eigenvalue weighted by molar-refractivity contribution is 0.645. The summed E-state index contributed by atoms with van der Waals surface area (Å²) < 4.78 is 0. The van der Waals surface area contributed by atoms with Crippen LogP contribution in [0.15, 0.2) is 48.5 Å². The van der Waals surface area contributed by atoms with Crippen LogP contribution in [0.3, 0.4) is 0 Å². The van der Waals surface area contributed by atoms with Gasteiger partial charge in [0, 0.05) is 30.3 Å². The Hall–Kier alpha value is -1.51. The van der Waals surface area contributed by atoms with Crippen molar-refractivity contribution in [2.24, 2.45) is 5.73 Å². The highest BCUT2D eigenvalue weighted by Gasteiger charge is 2.08. The Labute approximate surface area is 132 Å². The van der Waals surface area contributed by atoms with Gasteiger partial charge in [-0.25, -0.2) is 0 Å². The number of anilines is 1. The average Bonchev–Trinajstić information content (AvgIpc) is 2.52. The fourth-order valence-corrected chi connectivity index (χ4v) is 2.55. The lowest BCUT2D eigenvalue weighted by atomic mass is 10.0. The third kappa shape index (κ3) is 4.48. The predicted octanol–water partition coefficient (Wildman–Crippen LogP) is 4.43. The first kappa shape index (κ1) is 15.9. The molecule has 2 nitrogen and oxygen atoms in total. The van der Waals surface area contributed by atoms with Crippen LogP contribution in [0.1, 0.15) is 30.5 Å². The van der Waals surface area contributed by atoms with Gasteiger partial charge in [-0.05, 0) is 48.2 Å². The molecule has 0 saturated carbocycles. The number of nitrogens with two attached hydrogens (primary N) is 1. The summed E-state index contributed by atoms with van der Waals surface area (Å²) in [5, 5.41) is 0.742. The molecule has 3 heteroatoms. The zero-order valence-electron chi connectivity index (χ0n) is 12.7. The van der Waals surface area contributed by atoms with E-state index in [-0.39, 0.29) is 6.04 Å². The maximum absolute atomic E-state index is 6.25. The van der Waals surface area contributed by atoms with Gasteiger partial charge >= 0.3 is 0 Å². The Balaban J connectivity index is 1.92. The molecule has 2 aromatic carbocycles. The number of halogens is 1. The molecule has 2 N–H and O–H groups in total. The van der Waals surface area contributed by atoms with E-state index in [1.807, 2.05) is 24.3 Å². The van der Waals surface area contributed by atoms with Gasteiger partial charge in [-0.1, -0.05) is 42.8 Å². The molecule has 1 unspecified atom stereocenters. The molecule has 0 aliphatic rings. The van der Waals surface area contributed by atoms with Gasteiger partial charge in [-0.2, -0.15) is 0 Å². The molecule has 1 atom stereocenters. The highest BCUT2D eigenvalue weighted by atomic mass is 35.5. The highest BCUT2D eigenvalue weighted by molar-refractivity contribution is 6.30. The minimum absolute atomic E-state index is 0.0149. The molecular formula is C18H23ClN2. The summed E-state index contributed by atoms with van der Waals surface area (Å²) in [4.78, 5) is 2.24. The number of nitrogens with zero attached hydrogens (tertiary/aromatic N) is 1. The Morgan fingerprint density at radius 1 is 1.14 bits per heavy atom. The summed E-state index contributed by atoms with van der Waals surface area (Å²) in [6.45, 7) is 3.09. The van der Waals surface area contributed by atoms with Crippen molar-refractivity contribution in [3.63, 3.8) is 0 Å². The van der Waals surface area contributed by atoms with E-state index in [0.29, 0.717) is 0 Å². The normalized spacial score (nSPS) is 12.2. The van der Waals surface area contributed by atoms with Gasteiger partial charge in [0.25, 0.3) is 0 Å². The molecule has 0 heterocycles. The third-order valence-electron chi connectivity index (χ3n) is 3.84. The van der Waals surface area contributed by atoms with Crippen molar-refractivity contribution in [1.29, 1.82) is 0 Å². The van der Waals surface area contributed by atoms with Crippen molar-refractivity contribution in [3.8, 4) is 0 Å². The van der Waals surface area contributed by atoms with Gasteiger partial charge in [0.05, 0.1) is 0 Å². The largest absolute Gasteiger partial charge is 0.375 e. The number of aryl methyl sites for hydroxylation is 1. The number of benzene rings is 2. The molecule has 21 heavy (non-hydrogen) atoms. The first-order valence-electron chi connectivity index (χ1n) is 7.41. The fraction of sp³-hybridized carbons (Fsp3) is 0.333. The van der Waals surface area contributed by atoms with E-state index in [2.05, 4.69) is 43.1 Å². The lowest BCUT2D eigenvalue weighted by Gasteiger charge is -2.22. The Kier molecular flexibility index (Phi) is 5.66. The molecule has 112 valence electrons. The molecule has 0 bridgehead atoms. The lowest BCUT2D eigenvalue weighted by Crippen LogP contribution is -2.23. The van der Waals surface area contributed by atoms with Crippen molar-refractivity contribution in [2.75, 3.05) is 18.5 Å². The molecule has 2 rings (SSSR count). The summed E-state index contributed by atoms with van der Waals surface area (Å²) in [5.41, 5.74) is 9.94. The van der Waals surface area contributed by atoms with Crippen LogP contribution < -0.4 is 10.6 Å². The highest BCUT2D eigenvalue weighted by Crippen LogP contribution is 2.20. The van der Waals surface area contributed by atoms with Crippen LogP contribution in [-0.2, 0) is 6.42 Å². The zero-order chi connectivity index (χ0) is 15.2. The quantitative estimate of drug-likeness (QED) is 0.855. The molecule has 0 aliphatic heterocycles. The molecule has 0 saturated heterocycles. The molecule has 0 aromatic heterocycles. The van der Waals surface area contributed by atoms with Gasteiger partial charge in [-0.15, -0.1) is 0 Å². The standard InChI is InChI=1S/C18H23ClN2/c1-3-14-7-9-17(10-8-14)21(2)12-11-18(20)15-5-4-6-16(19)13-15/h4-10,13,18H,3,11-12,20H2,1-2H3. The molecule has 0 spiro atoms. The van der Waals surface area contributed by atoms with Crippen molar-refractivity contribution in [3.05, 3.63) is 64.7 Å². The summed E-state index contributed by atoms with van der Waals surface area (Å²) >= 11 is 6.01. The first-order chi connectivity index (χ1) is 10.1. The zero-order valence-corrected chi connectivity index (χ0v) is 13.5. The number of hydrogen-bond donors (Lipinski definition) is 1. The predicted molar refractivity (Wildman–Crippen MR) is 92.1 cm³/mol. The Bertz CT molecular complexity index is 566. The van der Waals surface area contributed by atoms with E-state index in [4.69, 9.17) is 17.3 Å². The summed E-state index contributed by atoms with van der Waals surface area (Å²) in [6.07, 6.45) is 1.97. The topological polar surface area (TPSA) is 29.3 Å². The number of hydrogen-bond acceptors (Lipinski definition) is 2. The molecule has 0 radical (unpaired) electrons. The van der Waals surface area contributed by atoms with E-state index in [9.17, 15) is 0 Å². The fourth-order valence-electron chi connectivity index (χ4n) is 2.35. The SMILES string of the molecule is CCc1ccc(N(C)CCC(N)c2cccc(Cl)c2)cc1. The van der Waals surface area contributed by atoms with E-state index >= 15 is 0 Å². The van der Waals surface area contributed by atoms with Gasteiger partial charge in [0.2, 0.25) is 0 Å². The smallest absolute Gasteiger partial charge is 0.0409 e. The van der Waals surface area contributed by atoms with Gasteiger partial charge < -0.3 is 10.6 Å². The second-order valence-corrected chi connectivity index (χ2v) is 5.83. The minimum Gasteiger partial charge on any atom is -0.375 e. The van der Waals surface area contributed by atoms with Gasteiger partial charge in [0.1, 0.15) is 0 Å². The summed E-state index contributed by atoms with van der Waals surface area (Å²) in [6, 6.07) is 16.5. The van der Waals surface area contributed by atoms with E-state index in [0.717, 1.165) is 30.0 Å². The van der Waals surface area contributed by atoms with Crippen LogP contribution in [-0.4, -0.2) is 13.6 Å². The van der Waals surface area contributed by atoms with Crippen LogP contribution >= 0.6 is 11.6 Å². The van der Waals surface area contributed by atoms with Crippen LogP contribution in [0.4, 0.5) is 5.69 Å². The summed E-state index contributed by atoms with van der Waals surface area (Å²) in [7, 11) is 2.10. The molecule has 0 amide bonds. The monoisotopic (exact) mass is 302 g/mol. The van der Waals surface area contributed by atoms with Crippen molar-refractivity contribution in [1.82, 2.24) is 0 Å². The maximum Gasteiger partial charge on any atom is 0.0409 e. The first-order valence-corrected chi connectivity index (χ1v) is 7.79. The van der Waals surface area contributed by atoms with Gasteiger partial charge in [-0.3, -0.25) is 0 Å². The van der Waals surface area contributed by atoms with Crippen LogP contribution in [0, 0.1) is 0 Å². The minimum atomic E-state index is 0.0149. The van der Waals surface area contributed by atoms with Crippen molar-refractivity contribution < 1.29 is 0 Å².